The number of hydrogen-bond acceptors (Lipinski definition) is 7. The highest BCUT2D eigenvalue weighted by Crippen LogP contribution is 2.31. The third-order valence-corrected chi connectivity index (χ3v) is 7.77. The molecule has 0 radical (unpaired) electrons. The van der Waals surface area contributed by atoms with E-state index < -0.39 is 6.04 Å². The van der Waals surface area contributed by atoms with Gasteiger partial charge in [0, 0.05) is 56.4 Å². The summed E-state index contributed by atoms with van der Waals surface area (Å²) in [7, 11) is 0. The molecular formula is C29H38ClN5O4. The lowest BCUT2D eigenvalue weighted by Gasteiger charge is -2.36. The summed E-state index contributed by atoms with van der Waals surface area (Å²) in [6.45, 7) is 8.00. The minimum atomic E-state index is -0.579. The number of piperazine rings is 1. The number of nitrogens with zero attached hydrogens (tertiary/aromatic N) is 3. The molecule has 5 rings (SSSR count). The standard InChI is InChI=1S/C29H37N5O4.ClH/c1-20(30)21-5-4-6-24(18-21)38-16-3-2-11-32-12-14-33(15-13-32)23-7-8-25-22(17-23)19-34(29(25)37)26-9-10-27(35)31-28(26)36;/h4-8,17-18,20,26H,2-3,9-16,19,30H2,1H3,(H,31,35,36);1H/t20-,26?;/m1./s1. The summed E-state index contributed by atoms with van der Waals surface area (Å²) in [6, 6.07) is 13.4. The maximum Gasteiger partial charge on any atom is 0.255 e. The molecule has 3 aliphatic rings. The first kappa shape index (κ1) is 28.9. The van der Waals surface area contributed by atoms with Gasteiger partial charge in [0.1, 0.15) is 11.8 Å². The van der Waals surface area contributed by atoms with Crippen molar-refractivity contribution < 1.29 is 19.1 Å². The predicted octanol–water partition coefficient (Wildman–Crippen LogP) is 2.87. The normalized spacial score (nSPS) is 20.4. The number of amides is 3. The van der Waals surface area contributed by atoms with Gasteiger partial charge in [0.25, 0.3) is 5.91 Å². The van der Waals surface area contributed by atoms with Crippen molar-refractivity contribution in [2.45, 2.75) is 51.2 Å². The Labute approximate surface area is 236 Å². The van der Waals surface area contributed by atoms with Crippen molar-refractivity contribution in [3.8, 4) is 5.75 Å². The molecule has 1 unspecified atom stereocenters. The van der Waals surface area contributed by atoms with Gasteiger partial charge in [-0.3, -0.25) is 24.6 Å². The number of rotatable bonds is 9. The summed E-state index contributed by atoms with van der Waals surface area (Å²) in [4.78, 5) is 43.2. The fourth-order valence-corrected chi connectivity index (χ4v) is 5.50. The number of piperidine rings is 1. The average Bonchev–Trinajstić information content (AvgIpc) is 3.24. The van der Waals surface area contributed by atoms with Crippen LogP contribution in [0.3, 0.4) is 0 Å². The summed E-state index contributed by atoms with van der Waals surface area (Å²) < 4.78 is 5.92. The number of carbonyl (C=O) groups excluding carboxylic acids is 3. The number of hydrogen-bond donors (Lipinski definition) is 2. The topological polar surface area (TPSA) is 108 Å². The lowest BCUT2D eigenvalue weighted by Crippen LogP contribution is -2.52. The molecule has 3 amide bonds. The maximum atomic E-state index is 12.9. The number of carbonyl (C=O) groups is 3. The van der Waals surface area contributed by atoms with E-state index in [-0.39, 0.29) is 42.6 Å². The third-order valence-electron chi connectivity index (χ3n) is 7.77. The molecule has 0 bridgehead atoms. The maximum absolute atomic E-state index is 12.9. The van der Waals surface area contributed by atoms with E-state index in [1.54, 1.807) is 4.90 Å². The molecule has 10 heteroatoms. The Morgan fingerprint density at radius 3 is 2.59 bits per heavy atom. The zero-order valence-corrected chi connectivity index (χ0v) is 23.3. The second-order valence-corrected chi connectivity index (χ2v) is 10.5. The first-order valence-corrected chi connectivity index (χ1v) is 13.6. The highest BCUT2D eigenvalue weighted by atomic mass is 35.5. The van der Waals surface area contributed by atoms with Crippen molar-refractivity contribution in [1.29, 1.82) is 0 Å². The zero-order chi connectivity index (χ0) is 26.6. The fourth-order valence-electron chi connectivity index (χ4n) is 5.50. The van der Waals surface area contributed by atoms with Gasteiger partial charge in [-0.25, -0.2) is 0 Å². The van der Waals surface area contributed by atoms with Crippen molar-refractivity contribution in [2.24, 2.45) is 5.73 Å². The van der Waals surface area contributed by atoms with Crippen LogP contribution in [0.5, 0.6) is 5.75 Å². The molecule has 39 heavy (non-hydrogen) atoms. The van der Waals surface area contributed by atoms with Gasteiger partial charge >= 0.3 is 0 Å². The van der Waals surface area contributed by atoms with Crippen LogP contribution in [0, 0.1) is 0 Å². The van der Waals surface area contributed by atoms with E-state index in [1.165, 1.54) is 0 Å². The largest absolute Gasteiger partial charge is 0.494 e. The summed E-state index contributed by atoms with van der Waals surface area (Å²) in [5.41, 5.74) is 9.76. The van der Waals surface area contributed by atoms with Crippen molar-refractivity contribution in [2.75, 3.05) is 44.2 Å². The van der Waals surface area contributed by atoms with Crippen LogP contribution in [-0.4, -0.2) is 72.9 Å². The Morgan fingerprint density at radius 1 is 1.05 bits per heavy atom. The number of nitrogens with one attached hydrogen (secondary N) is 1. The molecule has 0 aliphatic carbocycles. The summed E-state index contributed by atoms with van der Waals surface area (Å²) in [5.74, 6) is 0.107. The van der Waals surface area contributed by atoms with Crippen LogP contribution in [0.1, 0.15) is 60.1 Å². The van der Waals surface area contributed by atoms with Crippen molar-refractivity contribution in [1.82, 2.24) is 15.1 Å². The predicted molar refractivity (Wildman–Crippen MR) is 152 cm³/mol. The molecule has 0 spiro atoms. The molecule has 3 aliphatic heterocycles. The van der Waals surface area contributed by atoms with Crippen LogP contribution < -0.4 is 20.7 Å². The van der Waals surface area contributed by atoms with Crippen molar-refractivity contribution >= 4 is 35.8 Å². The van der Waals surface area contributed by atoms with Gasteiger partial charge in [0.2, 0.25) is 11.8 Å². The van der Waals surface area contributed by atoms with Crippen molar-refractivity contribution in [3.63, 3.8) is 0 Å². The van der Waals surface area contributed by atoms with Gasteiger partial charge in [-0.15, -0.1) is 12.4 Å². The van der Waals surface area contributed by atoms with E-state index in [4.69, 9.17) is 10.5 Å². The lowest BCUT2D eigenvalue weighted by atomic mass is 10.0. The zero-order valence-electron chi connectivity index (χ0n) is 22.4. The Hall–Kier alpha value is -3.14. The molecule has 0 aromatic heterocycles. The molecule has 3 N–H and O–H groups in total. The van der Waals surface area contributed by atoms with Crippen LogP contribution >= 0.6 is 12.4 Å². The highest BCUT2D eigenvalue weighted by molar-refractivity contribution is 6.05. The summed E-state index contributed by atoms with van der Waals surface area (Å²) >= 11 is 0. The van der Waals surface area contributed by atoms with Gasteiger partial charge in [-0.2, -0.15) is 0 Å². The molecule has 2 aromatic rings. The van der Waals surface area contributed by atoms with E-state index in [0.717, 1.165) is 68.1 Å². The molecule has 2 saturated heterocycles. The van der Waals surface area contributed by atoms with Gasteiger partial charge in [-0.1, -0.05) is 12.1 Å². The lowest BCUT2D eigenvalue weighted by molar-refractivity contribution is -0.136. The van der Waals surface area contributed by atoms with Crippen LogP contribution in [-0.2, 0) is 16.1 Å². The van der Waals surface area contributed by atoms with E-state index in [0.29, 0.717) is 25.1 Å². The van der Waals surface area contributed by atoms with Gasteiger partial charge in [-0.05, 0) is 74.2 Å². The number of benzene rings is 2. The van der Waals surface area contributed by atoms with E-state index in [2.05, 4.69) is 21.2 Å². The average molecular weight is 556 g/mol. The molecule has 2 aromatic carbocycles. The highest BCUT2D eigenvalue weighted by Gasteiger charge is 2.39. The number of nitrogens with two attached hydrogens (primary N) is 1. The smallest absolute Gasteiger partial charge is 0.255 e. The Kier molecular flexibility index (Phi) is 9.48. The molecule has 0 saturated carbocycles. The van der Waals surface area contributed by atoms with Crippen molar-refractivity contribution in [3.05, 3.63) is 59.2 Å². The van der Waals surface area contributed by atoms with Crippen LogP contribution in [0.2, 0.25) is 0 Å². The van der Waals surface area contributed by atoms with Crippen LogP contribution in [0.4, 0.5) is 5.69 Å². The molecule has 2 fully saturated rings. The molecule has 3 heterocycles. The Balaban J connectivity index is 0.00000353. The second-order valence-electron chi connectivity index (χ2n) is 10.5. The van der Waals surface area contributed by atoms with Gasteiger partial charge in [0.15, 0.2) is 0 Å². The van der Waals surface area contributed by atoms with Crippen LogP contribution in [0.15, 0.2) is 42.5 Å². The monoisotopic (exact) mass is 555 g/mol. The molecule has 210 valence electrons. The van der Waals surface area contributed by atoms with E-state index in [9.17, 15) is 14.4 Å². The van der Waals surface area contributed by atoms with Crippen LogP contribution in [0.25, 0.3) is 0 Å². The third kappa shape index (κ3) is 6.72. The second kappa shape index (κ2) is 12.8. The number of fused-ring (bicyclic) bond motifs is 1. The van der Waals surface area contributed by atoms with E-state index in [1.807, 2.05) is 43.3 Å². The summed E-state index contributed by atoms with van der Waals surface area (Å²) in [6.07, 6.45) is 2.74. The Bertz CT molecular complexity index is 1200. The fraction of sp³-hybridized carbons (Fsp3) is 0.483. The molecule has 2 atom stereocenters. The quantitative estimate of drug-likeness (QED) is 0.362. The molecular weight excluding hydrogens is 518 g/mol. The molecule has 9 nitrogen and oxygen atoms in total. The first-order valence-electron chi connectivity index (χ1n) is 13.6. The first-order chi connectivity index (χ1) is 18.4. The number of ether oxygens (including phenoxy) is 1. The number of halogens is 1. The minimum absolute atomic E-state index is 0. The number of unbranched alkanes of at least 4 members (excludes halogenated alkanes) is 1. The SMILES string of the molecule is C[C@@H](N)c1cccc(OCCCCN2CCN(c3ccc4c(c3)CN(C3CCC(=O)NC3=O)C4=O)CC2)c1.Cl. The summed E-state index contributed by atoms with van der Waals surface area (Å²) in [5, 5.41) is 2.36. The van der Waals surface area contributed by atoms with E-state index >= 15 is 0 Å². The number of anilines is 1. The Morgan fingerprint density at radius 2 is 1.85 bits per heavy atom. The van der Waals surface area contributed by atoms with Gasteiger partial charge < -0.3 is 20.3 Å². The number of imide groups is 1. The van der Waals surface area contributed by atoms with Gasteiger partial charge in [0.05, 0.1) is 6.61 Å². The minimum Gasteiger partial charge on any atom is -0.494 e.